The number of hydrogen-bond donors (Lipinski definition) is 0. The third kappa shape index (κ3) is 1.68. The topological polar surface area (TPSA) is 34.4 Å². The van der Waals surface area contributed by atoms with E-state index in [0.717, 1.165) is 30.2 Å². The first kappa shape index (κ1) is 18.3. The molecule has 4 fully saturated rings. The van der Waals surface area contributed by atoms with Crippen LogP contribution in [0.4, 0.5) is 0 Å². The number of carbonyl (C=O) groups is 1. The summed E-state index contributed by atoms with van der Waals surface area (Å²) >= 11 is 0. The molecule has 3 aromatic heterocycles. The number of nitrogens with zero attached hydrogens (tertiary/aromatic N) is 2. The first-order chi connectivity index (χ1) is 17.7. The Labute approximate surface area is 209 Å². The van der Waals surface area contributed by atoms with Gasteiger partial charge < -0.3 is 4.40 Å². The third-order valence-electron chi connectivity index (χ3n) is 12.6. The fraction of sp³-hybridized carbons (Fsp3) is 0.455. The smallest absolute Gasteiger partial charge is 0.166 e. The van der Waals surface area contributed by atoms with Gasteiger partial charge in [-0.1, -0.05) is 18.2 Å². The van der Waals surface area contributed by atoms with Gasteiger partial charge in [0.25, 0.3) is 0 Å². The van der Waals surface area contributed by atoms with E-state index in [0.29, 0.717) is 29.0 Å². The summed E-state index contributed by atoms with van der Waals surface area (Å²) in [5.74, 6) is 4.52. The molecule has 36 heavy (non-hydrogen) atoms. The first-order valence-electron chi connectivity index (χ1n) is 14.4. The summed E-state index contributed by atoms with van der Waals surface area (Å²) in [5, 5.41) is 5.57. The summed E-state index contributed by atoms with van der Waals surface area (Å²) in [6, 6.07) is 11.6. The van der Waals surface area contributed by atoms with Crippen molar-refractivity contribution in [2.24, 2.45) is 23.2 Å². The Morgan fingerprint density at radius 2 is 1.69 bits per heavy atom. The van der Waals surface area contributed by atoms with Crippen molar-refractivity contribution in [3.63, 3.8) is 0 Å². The zero-order chi connectivity index (χ0) is 23.1. The summed E-state index contributed by atoms with van der Waals surface area (Å²) in [6.45, 7) is 0. The lowest BCUT2D eigenvalue weighted by Gasteiger charge is -2.67. The molecule has 4 bridgehead atoms. The van der Waals surface area contributed by atoms with Crippen molar-refractivity contribution in [3.05, 3.63) is 58.9 Å². The van der Waals surface area contributed by atoms with Gasteiger partial charge in [0.1, 0.15) is 0 Å². The van der Waals surface area contributed by atoms with Gasteiger partial charge >= 0.3 is 0 Å². The number of rotatable bonds is 0. The molecule has 7 aliphatic carbocycles. The predicted octanol–water partition coefficient (Wildman–Crippen LogP) is 7.70. The van der Waals surface area contributed by atoms with E-state index in [1.807, 2.05) is 0 Å². The number of Topliss-reactive ketones (excluding diaryl/α,β-unsaturated/α-hetero) is 1. The molecule has 3 nitrogen and oxygen atoms in total. The summed E-state index contributed by atoms with van der Waals surface area (Å²) in [4.78, 5) is 18.9. The number of aromatic nitrogens is 2. The maximum Gasteiger partial charge on any atom is 0.166 e. The van der Waals surface area contributed by atoms with E-state index >= 15 is 0 Å². The van der Waals surface area contributed by atoms with Crippen LogP contribution in [0.5, 0.6) is 0 Å². The molecule has 3 heteroatoms. The molecular weight excluding hydrogens is 440 g/mol. The highest BCUT2D eigenvalue weighted by Crippen LogP contribution is 2.82. The van der Waals surface area contributed by atoms with Gasteiger partial charge in [0.2, 0.25) is 0 Å². The van der Waals surface area contributed by atoms with E-state index in [1.54, 1.807) is 5.56 Å². The van der Waals surface area contributed by atoms with Crippen LogP contribution >= 0.6 is 0 Å². The minimum absolute atomic E-state index is 0.232. The third-order valence-corrected chi connectivity index (χ3v) is 12.6. The lowest BCUT2D eigenvalue weighted by Crippen LogP contribution is -2.59. The van der Waals surface area contributed by atoms with Gasteiger partial charge in [0.05, 0.1) is 22.7 Å². The van der Waals surface area contributed by atoms with Crippen LogP contribution in [0, 0.1) is 23.2 Å². The zero-order valence-electron chi connectivity index (χ0n) is 20.4. The van der Waals surface area contributed by atoms with Crippen LogP contribution in [0.1, 0.15) is 96.3 Å². The van der Waals surface area contributed by atoms with Gasteiger partial charge in [-0.25, -0.2) is 0 Å². The van der Waals surface area contributed by atoms with E-state index in [1.165, 1.54) is 87.9 Å². The molecule has 176 valence electrons. The van der Waals surface area contributed by atoms with E-state index < -0.39 is 0 Å². The normalized spacial score (nSPS) is 37.3. The Bertz CT molecular complexity index is 1870. The van der Waals surface area contributed by atoms with E-state index in [9.17, 15) is 4.79 Å². The van der Waals surface area contributed by atoms with Gasteiger partial charge in [0, 0.05) is 44.6 Å². The fourth-order valence-corrected chi connectivity index (χ4v) is 11.1. The highest BCUT2D eigenvalue weighted by atomic mass is 16.1. The van der Waals surface area contributed by atoms with Gasteiger partial charge in [-0.3, -0.25) is 9.78 Å². The SMILES string of the molecule is O=C1c2cc3c(cc2C2CCC1CC2)c1cccc2c4c5c(ncc4n3c12)C1CC2CC3CC5CC321. The number of para-hydroxylation sites is 1. The van der Waals surface area contributed by atoms with Crippen molar-refractivity contribution >= 4 is 43.9 Å². The highest BCUT2D eigenvalue weighted by molar-refractivity contribution is 6.24. The van der Waals surface area contributed by atoms with Gasteiger partial charge in [-0.2, -0.15) is 0 Å². The number of benzene rings is 2. The summed E-state index contributed by atoms with van der Waals surface area (Å²) in [5.41, 5.74) is 9.86. The molecule has 0 aliphatic heterocycles. The minimum Gasteiger partial charge on any atom is -0.306 e. The molecule has 12 rings (SSSR count). The summed E-state index contributed by atoms with van der Waals surface area (Å²) in [6.07, 6.45) is 12.3. The molecule has 0 N–H and O–H groups in total. The zero-order valence-corrected chi connectivity index (χ0v) is 20.4. The van der Waals surface area contributed by atoms with Gasteiger partial charge in [-0.15, -0.1) is 0 Å². The first-order valence-corrected chi connectivity index (χ1v) is 14.4. The van der Waals surface area contributed by atoms with E-state index in [-0.39, 0.29) is 5.92 Å². The molecule has 3 heterocycles. The molecule has 2 aromatic carbocycles. The van der Waals surface area contributed by atoms with Crippen LogP contribution in [-0.2, 0) is 0 Å². The lowest BCUT2D eigenvalue weighted by molar-refractivity contribution is -0.147. The number of carbonyl (C=O) groups excluding carboxylic acids is 1. The second-order valence-corrected chi connectivity index (χ2v) is 13.4. The number of hydrogen-bond acceptors (Lipinski definition) is 2. The second-order valence-electron chi connectivity index (χ2n) is 13.4. The minimum atomic E-state index is 0.232. The predicted molar refractivity (Wildman–Crippen MR) is 141 cm³/mol. The molecule has 5 unspecified atom stereocenters. The van der Waals surface area contributed by atoms with Crippen LogP contribution in [0.25, 0.3) is 38.1 Å². The molecule has 5 aromatic rings. The number of fused-ring (bicyclic) bond motifs is 13. The molecule has 0 saturated heterocycles. The molecule has 7 aliphatic rings. The van der Waals surface area contributed by atoms with Crippen molar-refractivity contribution in [2.75, 3.05) is 0 Å². The van der Waals surface area contributed by atoms with E-state index in [4.69, 9.17) is 4.98 Å². The fourth-order valence-electron chi connectivity index (χ4n) is 11.1. The van der Waals surface area contributed by atoms with Crippen molar-refractivity contribution in [1.82, 2.24) is 9.38 Å². The largest absolute Gasteiger partial charge is 0.306 e. The van der Waals surface area contributed by atoms with E-state index in [2.05, 4.69) is 40.9 Å². The van der Waals surface area contributed by atoms with Crippen LogP contribution in [0.3, 0.4) is 0 Å². The Morgan fingerprint density at radius 1 is 0.861 bits per heavy atom. The maximum atomic E-state index is 13.6. The van der Waals surface area contributed by atoms with Crippen molar-refractivity contribution in [3.8, 4) is 0 Å². The monoisotopic (exact) mass is 468 g/mol. The Balaban J connectivity index is 1.28. The van der Waals surface area contributed by atoms with Crippen LogP contribution < -0.4 is 0 Å². The Hall–Kier alpha value is -2.94. The van der Waals surface area contributed by atoms with Crippen LogP contribution in [0.15, 0.2) is 36.5 Å². The molecule has 4 saturated carbocycles. The molecule has 1 spiro atoms. The Kier molecular flexibility index (Phi) is 2.79. The number of ketones is 1. The molecular formula is C33H28N2O. The molecule has 0 radical (unpaired) electrons. The standard InChI is InChI=1S/C33H28N2O/c36-32-16-6-4-15(5-7-16)22-11-23-20-2-1-3-21-29-27(35(31(20)21)26(23)12-24(22)32)14-34-30-25-10-19-9-18-8-17(28(29)30)13-33(18,19)25/h1-3,11-12,14-19,25H,4-10,13H2. The van der Waals surface area contributed by atoms with Crippen molar-refractivity contribution in [1.29, 1.82) is 0 Å². The molecule has 0 amide bonds. The maximum absolute atomic E-state index is 13.6. The Morgan fingerprint density at radius 3 is 2.58 bits per heavy atom. The number of pyridine rings is 1. The average Bonchev–Trinajstić information content (AvgIpc) is 3.51. The molecule has 5 atom stereocenters. The van der Waals surface area contributed by atoms with Gasteiger partial charge in [-0.05, 0) is 104 Å². The van der Waals surface area contributed by atoms with Crippen LogP contribution in [0.2, 0.25) is 0 Å². The summed E-state index contributed by atoms with van der Waals surface area (Å²) in [7, 11) is 0. The summed E-state index contributed by atoms with van der Waals surface area (Å²) < 4.78 is 2.49. The van der Waals surface area contributed by atoms with Gasteiger partial charge in [0.15, 0.2) is 5.78 Å². The van der Waals surface area contributed by atoms with Crippen molar-refractivity contribution < 1.29 is 4.79 Å². The second kappa shape index (κ2) is 5.49. The van der Waals surface area contributed by atoms with Crippen LogP contribution in [-0.4, -0.2) is 15.2 Å². The highest BCUT2D eigenvalue weighted by Gasteiger charge is 2.72. The van der Waals surface area contributed by atoms with Crippen molar-refractivity contribution in [2.45, 2.75) is 69.1 Å². The lowest BCUT2D eigenvalue weighted by atomic mass is 9.37. The quantitative estimate of drug-likeness (QED) is 0.233. The average molecular weight is 469 g/mol.